The number of carboxylic acid groups (broad SMARTS) is 2. The number of hydrogen-bond acceptors (Lipinski definition) is 5. The van der Waals surface area contributed by atoms with Crippen molar-refractivity contribution in [2.75, 3.05) is 0 Å². The molecule has 0 aliphatic heterocycles. The van der Waals surface area contributed by atoms with Crippen LogP contribution < -0.4 is 5.32 Å². The number of aliphatic carboxylic acids is 2. The summed E-state index contributed by atoms with van der Waals surface area (Å²) in [6.45, 7) is 0. The molecule has 22 heavy (non-hydrogen) atoms. The van der Waals surface area contributed by atoms with Crippen molar-refractivity contribution in [2.24, 2.45) is 0 Å². The van der Waals surface area contributed by atoms with Crippen LogP contribution in [0.2, 0.25) is 0 Å². The van der Waals surface area contributed by atoms with Crippen LogP contribution in [-0.4, -0.2) is 44.3 Å². The number of phenols is 2. The Morgan fingerprint density at radius 2 is 1.73 bits per heavy atom. The lowest BCUT2D eigenvalue weighted by atomic mass is 10.0. The molecule has 1 aromatic carbocycles. The molecule has 0 aromatic heterocycles. The first-order valence-corrected chi connectivity index (χ1v) is 6.54. The molecule has 1 amide bonds. The first kappa shape index (κ1) is 17.3. The van der Waals surface area contributed by atoms with Gasteiger partial charge in [-0.05, 0) is 24.1 Å². The second-order valence-corrected chi connectivity index (χ2v) is 4.73. The minimum Gasteiger partial charge on any atom is -0.504 e. The van der Waals surface area contributed by atoms with Gasteiger partial charge in [0, 0.05) is 19.3 Å². The number of amides is 1. The van der Waals surface area contributed by atoms with Gasteiger partial charge in [-0.2, -0.15) is 0 Å². The maximum atomic E-state index is 11.6. The van der Waals surface area contributed by atoms with Gasteiger partial charge >= 0.3 is 11.9 Å². The van der Waals surface area contributed by atoms with E-state index in [1.807, 2.05) is 0 Å². The largest absolute Gasteiger partial charge is 0.504 e. The lowest BCUT2D eigenvalue weighted by molar-refractivity contribution is -0.142. The van der Waals surface area contributed by atoms with E-state index in [2.05, 4.69) is 5.32 Å². The van der Waals surface area contributed by atoms with Gasteiger partial charge in [0.05, 0.1) is 0 Å². The summed E-state index contributed by atoms with van der Waals surface area (Å²) < 4.78 is 0. The first-order chi connectivity index (χ1) is 10.3. The zero-order valence-electron chi connectivity index (χ0n) is 11.7. The van der Waals surface area contributed by atoms with Crippen molar-refractivity contribution >= 4 is 17.8 Å². The van der Waals surface area contributed by atoms with Gasteiger partial charge in [0.25, 0.3) is 0 Å². The topological polar surface area (TPSA) is 144 Å². The molecule has 8 heteroatoms. The van der Waals surface area contributed by atoms with Crippen molar-refractivity contribution in [1.29, 1.82) is 0 Å². The van der Waals surface area contributed by atoms with E-state index in [4.69, 9.17) is 10.2 Å². The van der Waals surface area contributed by atoms with Crippen LogP contribution in [0.1, 0.15) is 24.8 Å². The average molecular weight is 311 g/mol. The predicted octanol–water partition coefficient (Wildman–Crippen LogP) is 0.465. The zero-order chi connectivity index (χ0) is 16.7. The third-order valence-corrected chi connectivity index (χ3v) is 2.91. The van der Waals surface area contributed by atoms with Gasteiger partial charge in [-0.3, -0.25) is 9.59 Å². The number of phenolic OH excluding ortho intramolecular Hbond substituents is 2. The Labute approximate surface area is 126 Å². The van der Waals surface area contributed by atoms with E-state index in [1.54, 1.807) is 0 Å². The highest BCUT2D eigenvalue weighted by atomic mass is 16.4. The van der Waals surface area contributed by atoms with Crippen LogP contribution in [0, 0.1) is 0 Å². The highest BCUT2D eigenvalue weighted by Gasteiger charge is 2.20. The highest BCUT2D eigenvalue weighted by molar-refractivity contribution is 5.84. The molecular formula is C14H17NO7. The Bertz CT molecular complexity index is 570. The van der Waals surface area contributed by atoms with Gasteiger partial charge in [-0.25, -0.2) is 4.79 Å². The standard InChI is InChI=1S/C14H17NO7/c16-10-5-4-8(7-11(10)17)6-9(14(21)22)15-12(18)2-1-3-13(19)20/h4-5,7,9,16-17H,1-3,6H2,(H,15,18)(H,19,20)(H,21,22). The second kappa shape index (κ2) is 7.87. The molecule has 0 radical (unpaired) electrons. The van der Waals surface area contributed by atoms with Crippen LogP contribution in [0.25, 0.3) is 0 Å². The zero-order valence-corrected chi connectivity index (χ0v) is 11.7. The van der Waals surface area contributed by atoms with Crippen molar-refractivity contribution in [3.8, 4) is 11.5 Å². The summed E-state index contributed by atoms with van der Waals surface area (Å²) in [5, 5.41) is 38.4. The predicted molar refractivity (Wildman–Crippen MR) is 74.5 cm³/mol. The summed E-state index contributed by atoms with van der Waals surface area (Å²) >= 11 is 0. The number of rotatable bonds is 8. The lowest BCUT2D eigenvalue weighted by Gasteiger charge is -2.15. The van der Waals surface area contributed by atoms with E-state index in [1.165, 1.54) is 18.2 Å². The van der Waals surface area contributed by atoms with E-state index in [0.29, 0.717) is 5.56 Å². The molecule has 1 rings (SSSR count). The maximum Gasteiger partial charge on any atom is 0.326 e. The summed E-state index contributed by atoms with van der Waals surface area (Å²) in [6.07, 6.45) is -0.213. The average Bonchev–Trinajstić information content (AvgIpc) is 2.41. The molecule has 8 nitrogen and oxygen atoms in total. The Balaban J connectivity index is 2.61. The van der Waals surface area contributed by atoms with Gasteiger partial charge < -0.3 is 25.7 Å². The number of benzene rings is 1. The van der Waals surface area contributed by atoms with E-state index >= 15 is 0 Å². The number of carbonyl (C=O) groups excluding carboxylic acids is 1. The SMILES string of the molecule is O=C(O)CCCC(=O)NC(Cc1ccc(O)c(O)c1)C(=O)O. The van der Waals surface area contributed by atoms with Gasteiger partial charge in [0.15, 0.2) is 11.5 Å². The summed E-state index contributed by atoms with van der Waals surface area (Å²) in [7, 11) is 0. The summed E-state index contributed by atoms with van der Waals surface area (Å²) in [6, 6.07) is 2.66. The fourth-order valence-electron chi connectivity index (χ4n) is 1.80. The third kappa shape index (κ3) is 5.70. The minimum absolute atomic E-state index is 0.0756. The van der Waals surface area contributed by atoms with Gasteiger partial charge in [0.1, 0.15) is 6.04 Å². The molecule has 0 saturated heterocycles. The second-order valence-electron chi connectivity index (χ2n) is 4.73. The van der Waals surface area contributed by atoms with Crippen LogP contribution in [0.15, 0.2) is 18.2 Å². The van der Waals surface area contributed by atoms with E-state index in [9.17, 15) is 24.6 Å². The fourth-order valence-corrected chi connectivity index (χ4v) is 1.80. The van der Waals surface area contributed by atoms with Crippen LogP contribution in [0.3, 0.4) is 0 Å². The fraction of sp³-hybridized carbons (Fsp3) is 0.357. The molecule has 120 valence electrons. The summed E-state index contributed by atoms with van der Waals surface area (Å²) in [5.41, 5.74) is 0.425. The molecule has 0 spiro atoms. The Morgan fingerprint density at radius 3 is 2.27 bits per heavy atom. The van der Waals surface area contributed by atoms with Crippen molar-refractivity contribution in [3.63, 3.8) is 0 Å². The van der Waals surface area contributed by atoms with Crippen molar-refractivity contribution in [3.05, 3.63) is 23.8 Å². The van der Waals surface area contributed by atoms with E-state index in [-0.39, 0.29) is 37.2 Å². The number of hydrogen-bond donors (Lipinski definition) is 5. The normalized spacial score (nSPS) is 11.6. The van der Waals surface area contributed by atoms with Crippen molar-refractivity contribution in [1.82, 2.24) is 5.32 Å². The molecule has 0 saturated carbocycles. The molecule has 5 N–H and O–H groups in total. The lowest BCUT2D eigenvalue weighted by Crippen LogP contribution is -2.42. The molecule has 1 atom stereocenters. The highest BCUT2D eigenvalue weighted by Crippen LogP contribution is 2.25. The van der Waals surface area contributed by atoms with Gasteiger partial charge in [-0.1, -0.05) is 6.07 Å². The molecule has 0 aliphatic rings. The molecule has 1 unspecified atom stereocenters. The third-order valence-electron chi connectivity index (χ3n) is 2.91. The maximum absolute atomic E-state index is 11.6. The quantitative estimate of drug-likeness (QED) is 0.439. The van der Waals surface area contributed by atoms with Crippen LogP contribution in [-0.2, 0) is 20.8 Å². The smallest absolute Gasteiger partial charge is 0.326 e. The van der Waals surface area contributed by atoms with Gasteiger partial charge in [-0.15, -0.1) is 0 Å². The van der Waals surface area contributed by atoms with Crippen LogP contribution in [0.5, 0.6) is 11.5 Å². The number of carboxylic acids is 2. The van der Waals surface area contributed by atoms with E-state index < -0.39 is 23.9 Å². The Hall–Kier alpha value is -2.77. The Kier molecular flexibility index (Phi) is 6.18. The van der Waals surface area contributed by atoms with Crippen LogP contribution in [0.4, 0.5) is 0 Å². The molecular weight excluding hydrogens is 294 g/mol. The first-order valence-electron chi connectivity index (χ1n) is 6.54. The molecule has 0 aliphatic carbocycles. The molecule has 0 fully saturated rings. The molecule has 0 bridgehead atoms. The van der Waals surface area contributed by atoms with E-state index in [0.717, 1.165) is 0 Å². The van der Waals surface area contributed by atoms with Crippen molar-refractivity contribution in [2.45, 2.75) is 31.7 Å². The van der Waals surface area contributed by atoms with Crippen molar-refractivity contribution < 1.29 is 34.8 Å². The van der Waals surface area contributed by atoms with Crippen LogP contribution >= 0.6 is 0 Å². The molecule has 1 aromatic rings. The Morgan fingerprint density at radius 1 is 1.05 bits per heavy atom. The number of nitrogens with one attached hydrogen (secondary N) is 1. The van der Waals surface area contributed by atoms with Gasteiger partial charge in [0.2, 0.25) is 5.91 Å². The monoisotopic (exact) mass is 311 g/mol. The summed E-state index contributed by atoms with van der Waals surface area (Å²) in [5.74, 6) is -3.54. The molecule has 0 heterocycles. The minimum atomic E-state index is -1.25. The summed E-state index contributed by atoms with van der Waals surface area (Å²) in [4.78, 5) is 33.1. The number of aromatic hydroxyl groups is 2. The number of carbonyl (C=O) groups is 3.